The molecule has 0 fully saturated rings. The van der Waals surface area contributed by atoms with Gasteiger partial charge < -0.3 is 9.52 Å². The van der Waals surface area contributed by atoms with Crippen molar-refractivity contribution >= 4 is 17.1 Å². The van der Waals surface area contributed by atoms with Crippen molar-refractivity contribution < 1.29 is 14.3 Å². The number of aromatic hydroxyl groups is 1. The van der Waals surface area contributed by atoms with Crippen LogP contribution in [-0.4, -0.2) is 15.5 Å². The number of thiophene rings is 1. The lowest BCUT2D eigenvalue weighted by Crippen LogP contribution is -2.27. The number of furan rings is 1. The zero-order valence-corrected chi connectivity index (χ0v) is 13.5. The molecule has 3 aromatic rings. The minimum absolute atomic E-state index is 0.0415. The first-order valence-corrected chi connectivity index (χ1v) is 7.89. The van der Waals surface area contributed by atoms with E-state index in [1.54, 1.807) is 29.6 Å². The van der Waals surface area contributed by atoms with Gasteiger partial charge >= 0.3 is 0 Å². The highest BCUT2D eigenvalue weighted by Gasteiger charge is 2.25. The molecule has 0 saturated carbocycles. The number of ketones is 1. The molecule has 1 N–H and O–H groups in total. The second-order valence-corrected chi connectivity index (χ2v) is 6.04. The lowest BCUT2D eigenvalue weighted by Gasteiger charge is -2.14. The van der Waals surface area contributed by atoms with E-state index in [1.807, 2.05) is 6.07 Å². The third-order valence-corrected chi connectivity index (χ3v) is 4.53. The summed E-state index contributed by atoms with van der Waals surface area (Å²) in [5.41, 5.74) is -0.694. The summed E-state index contributed by atoms with van der Waals surface area (Å²) in [6.07, 6.45) is 1.44. The van der Waals surface area contributed by atoms with Crippen molar-refractivity contribution in [3.8, 4) is 11.9 Å². The fourth-order valence-corrected chi connectivity index (χ4v) is 3.13. The molecule has 3 aromatic heterocycles. The molecule has 3 rings (SSSR count). The maximum atomic E-state index is 12.7. The molecule has 0 spiro atoms. The van der Waals surface area contributed by atoms with Crippen LogP contribution in [0.2, 0.25) is 0 Å². The molecule has 24 heavy (non-hydrogen) atoms. The fraction of sp³-hybridized carbons (Fsp3) is 0.118. The molecule has 0 radical (unpaired) electrons. The zero-order chi connectivity index (χ0) is 17.3. The predicted octanol–water partition coefficient (Wildman–Crippen LogP) is 2.67. The molecule has 0 bridgehead atoms. The normalized spacial score (nSPS) is 10.5. The summed E-state index contributed by atoms with van der Waals surface area (Å²) in [5.74, 6) is -0.467. The number of nitriles is 1. The average molecular weight is 340 g/mol. The van der Waals surface area contributed by atoms with Gasteiger partial charge in [0.15, 0.2) is 0 Å². The van der Waals surface area contributed by atoms with Crippen LogP contribution in [0.25, 0.3) is 0 Å². The van der Waals surface area contributed by atoms with E-state index < -0.39 is 17.2 Å². The minimum atomic E-state index is -0.661. The quantitative estimate of drug-likeness (QED) is 0.737. The fourth-order valence-electron chi connectivity index (χ4n) is 2.46. The molecule has 0 amide bonds. The highest BCUT2D eigenvalue weighted by atomic mass is 32.1. The van der Waals surface area contributed by atoms with Crippen molar-refractivity contribution in [2.45, 2.75) is 13.5 Å². The largest absolute Gasteiger partial charge is 0.494 e. The molecular weight excluding hydrogens is 328 g/mol. The summed E-state index contributed by atoms with van der Waals surface area (Å²) in [7, 11) is 0. The number of rotatable bonds is 4. The molecule has 3 heterocycles. The van der Waals surface area contributed by atoms with Crippen molar-refractivity contribution in [2.75, 3.05) is 0 Å². The molecular formula is C17H12N2O4S. The molecule has 0 aliphatic heterocycles. The van der Waals surface area contributed by atoms with Gasteiger partial charge in [0.05, 0.1) is 23.2 Å². The van der Waals surface area contributed by atoms with Crippen molar-refractivity contribution in [3.63, 3.8) is 0 Å². The standard InChI is InChI=1S/C17H12N2O4S/c1-10-12(8-18)16(21)19(9-11-4-2-6-23-11)17(22)14(10)15(20)13-5-3-7-24-13/h2-7,22H,9H2,1H3. The minimum Gasteiger partial charge on any atom is -0.494 e. The molecule has 0 aliphatic carbocycles. The zero-order valence-electron chi connectivity index (χ0n) is 12.6. The van der Waals surface area contributed by atoms with Crippen LogP contribution in [0.15, 0.2) is 45.1 Å². The van der Waals surface area contributed by atoms with E-state index in [4.69, 9.17) is 4.42 Å². The number of carbonyl (C=O) groups excluding carboxylic acids is 1. The Labute approximate surface area is 140 Å². The Bertz CT molecular complexity index is 993. The van der Waals surface area contributed by atoms with Gasteiger partial charge in [-0.3, -0.25) is 14.2 Å². The summed E-state index contributed by atoms with van der Waals surface area (Å²) >= 11 is 1.22. The molecule has 0 unspecified atom stereocenters. The smallest absolute Gasteiger partial charge is 0.271 e. The van der Waals surface area contributed by atoms with Gasteiger partial charge in [-0.05, 0) is 36.1 Å². The van der Waals surface area contributed by atoms with Crippen LogP contribution < -0.4 is 5.56 Å². The van der Waals surface area contributed by atoms with E-state index in [1.165, 1.54) is 24.5 Å². The highest BCUT2D eigenvalue weighted by Crippen LogP contribution is 2.27. The molecule has 0 aromatic carbocycles. The SMILES string of the molecule is Cc1c(C(=O)c2cccs2)c(O)n(Cc2ccco2)c(=O)c1C#N. The summed E-state index contributed by atoms with van der Waals surface area (Å²) in [6.45, 7) is 1.41. The van der Waals surface area contributed by atoms with E-state index >= 15 is 0 Å². The summed E-state index contributed by atoms with van der Waals surface area (Å²) in [4.78, 5) is 25.6. The van der Waals surface area contributed by atoms with Crippen LogP contribution in [0.4, 0.5) is 0 Å². The summed E-state index contributed by atoms with van der Waals surface area (Å²) in [6, 6.07) is 8.45. The lowest BCUT2D eigenvalue weighted by atomic mass is 10.0. The van der Waals surface area contributed by atoms with Crippen molar-refractivity contribution in [1.29, 1.82) is 5.26 Å². The lowest BCUT2D eigenvalue weighted by molar-refractivity contribution is 0.103. The number of pyridine rings is 1. The Kier molecular flexibility index (Phi) is 4.06. The number of carbonyl (C=O) groups is 1. The van der Waals surface area contributed by atoms with Gasteiger partial charge in [0, 0.05) is 0 Å². The van der Waals surface area contributed by atoms with Crippen molar-refractivity contribution in [2.24, 2.45) is 0 Å². The molecule has 0 saturated heterocycles. The van der Waals surface area contributed by atoms with Crippen LogP contribution in [0.5, 0.6) is 5.88 Å². The van der Waals surface area contributed by atoms with Gasteiger partial charge in [0.1, 0.15) is 17.4 Å². The van der Waals surface area contributed by atoms with Gasteiger partial charge in [-0.1, -0.05) is 6.07 Å². The first-order valence-electron chi connectivity index (χ1n) is 7.01. The number of hydrogen-bond acceptors (Lipinski definition) is 6. The Morgan fingerprint density at radius 1 is 1.42 bits per heavy atom. The number of nitrogens with zero attached hydrogens (tertiary/aromatic N) is 2. The predicted molar refractivity (Wildman–Crippen MR) is 87.4 cm³/mol. The number of hydrogen-bond donors (Lipinski definition) is 1. The summed E-state index contributed by atoms with van der Waals surface area (Å²) < 4.78 is 6.16. The first kappa shape index (κ1) is 15.8. The van der Waals surface area contributed by atoms with Crippen LogP contribution in [-0.2, 0) is 6.54 Å². The maximum Gasteiger partial charge on any atom is 0.271 e. The monoisotopic (exact) mass is 340 g/mol. The summed E-state index contributed by atoms with van der Waals surface area (Å²) in [5, 5.41) is 21.6. The van der Waals surface area contributed by atoms with Crippen molar-refractivity contribution in [3.05, 3.63) is 73.6 Å². The Morgan fingerprint density at radius 3 is 2.79 bits per heavy atom. The second kappa shape index (κ2) is 6.18. The molecule has 0 atom stereocenters. The van der Waals surface area contributed by atoms with Crippen LogP contribution in [0.1, 0.15) is 32.1 Å². The van der Waals surface area contributed by atoms with E-state index in [0.717, 1.165) is 4.57 Å². The van der Waals surface area contributed by atoms with Crippen molar-refractivity contribution in [1.82, 2.24) is 4.57 Å². The number of aromatic nitrogens is 1. The highest BCUT2D eigenvalue weighted by molar-refractivity contribution is 7.12. The van der Waals surface area contributed by atoms with E-state index in [0.29, 0.717) is 10.6 Å². The van der Waals surface area contributed by atoms with Crippen LogP contribution in [0, 0.1) is 18.3 Å². The van der Waals surface area contributed by atoms with Crippen LogP contribution >= 0.6 is 11.3 Å². The third kappa shape index (κ3) is 2.53. The molecule has 120 valence electrons. The second-order valence-electron chi connectivity index (χ2n) is 5.09. The third-order valence-electron chi connectivity index (χ3n) is 3.67. The first-order chi connectivity index (χ1) is 11.5. The topological polar surface area (TPSA) is 96.2 Å². The van der Waals surface area contributed by atoms with Gasteiger partial charge in [-0.25, -0.2) is 0 Å². The van der Waals surface area contributed by atoms with Gasteiger partial charge in [0.25, 0.3) is 5.56 Å². The maximum absolute atomic E-state index is 12.7. The van der Waals surface area contributed by atoms with Crippen LogP contribution in [0.3, 0.4) is 0 Å². The Hall–Kier alpha value is -3.11. The molecule has 6 nitrogen and oxygen atoms in total. The molecule has 0 aliphatic rings. The Balaban J connectivity index is 2.24. The van der Waals surface area contributed by atoms with E-state index in [9.17, 15) is 20.0 Å². The average Bonchev–Trinajstić information content (AvgIpc) is 3.25. The molecule has 7 heteroatoms. The van der Waals surface area contributed by atoms with E-state index in [2.05, 4.69) is 0 Å². The van der Waals surface area contributed by atoms with Gasteiger partial charge in [-0.2, -0.15) is 5.26 Å². The van der Waals surface area contributed by atoms with E-state index in [-0.39, 0.29) is 23.2 Å². The Morgan fingerprint density at radius 2 is 2.21 bits per heavy atom. The van der Waals surface area contributed by atoms with Gasteiger partial charge in [-0.15, -0.1) is 11.3 Å². The van der Waals surface area contributed by atoms with Gasteiger partial charge in [0.2, 0.25) is 11.7 Å².